The van der Waals surface area contributed by atoms with E-state index < -0.39 is 0 Å². The van der Waals surface area contributed by atoms with Crippen LogP contribution in [0.1, 0.15) is 26.2 Å². The molecule has 0 aliphatic heterocycles. The maximum Gasteiger partial charge on any atom is 0.136 e. The summed E-state index contributed by atoms with van der Waals surface area (Å²) in [5.41, 5.74) is 0. The van der Waals surface area contributed by atoms with Gasteiger partial charge in [0, 0.05) is 18.9 Å². The van der Waals surface area contributed by atoms with Crippen LogP contribution in [0.4, 0.5) is 0 Å². The first kappa shape index (κ1) is 7.73. The van der Waals surface area contributed by atoms with Gasteiger partial charge in [-0.05, 0) is 18.8 Å². The topological polar surface area (TPSA) is 37.3 Å². The molecular formula is C8H14O2. The van der Waals surface area contributed by atoms with E-state index in [1.54, 1.807) is 0 Å². The summed E-state index contributed by atoms with van der Waals surface area (Å²) < 4.78 is 0. The Labute approximate surface area is 61.2 Å². The molecular weight excluding hydrogens is 128 g/mol. The van der Waals surface area contributed by atoms with Crippen molar-refractivity contribution in [2.75, 3.05) is 6.61 Å². The third-order valence-corrected chi connectivity index (χ3v) is 2.31. The van der Waals surface area contributed by atoms with E-state index in [-0.39, 0.29) is 18.4 Å². The maximum absolute atomic E-state index is 11.1. The third kappa shape index (κ3) is 1.37. The van der Waals surface area contributed by atoms with Gasteiger partial charge in [0.25, 0.3) is 0 Å². The number of aliphatic hydroxyl groups excluding tert-OH is 1. The Morgan fingerprint density at radius 2 is 2.40 bits per heavy atom. The Morgan fingerprint density at radius 3 is 2.70 bits per heavy atom. The van der Waals surface area contributed by atoms with Crippen molar-refractivity contribution in [3.05, 3.63) is 0 Å². The first-order chi connectivity index (χ1) is 4.77. The van der Waals surface area contributed by atoms with E-state index in [1.807, 2.05) is 6.92 Å². The lowest BCUT2D eigenvalue weighted by Crippen LogP contribution is -2.03. The van der Waals surface area contributed by atoms with E-state index in [2.05, 4.69) is 0 Å². The van der Waals surface area contributed by atoms with Crippen LogP contribution in [0.3, 0.4) is 0 Å². The molecule has 1 aliphatic rings. The lowest BCUT2D eigenvalue weighted by molar-refractivity contribution is -0.120. The first-order valence-corrected chi connectivity index (χ1v) is 3.91. The predicted molar refractivity (Wildman–Crippen MR) is 38.6 cm³/mol. The fourth-order valence-corrected chi connectivity index (χ4v) is 1.60. The number of hydrogen-bond acceptors (Lipinski definition) is 2. The molecule has 0 radical (unpaired) electrons. The van der Waals surface area contributed by atoms with Crippen LogP contribution < -0.4 is 0 Å². The van der Waals surface area contributed by atoms with Gasteiger partial charge >= 0.3 is 0 Å². The highest BCUT2D eigenvalue weighted by Crippen LogP contribution is 2.29. The molecule has 1 N–H and O–H groups in total. The second-order valence-electron chi connectivity index (χ2n) is 3.06. The molecule has 1 fully saturated rings. The molecule has 1 saturated carbocycles. The first-order valence-electron chi connectivity index (χ1n) is 3.91. The molecule has 1 aliphatic carbocycles. The van der Waals surface area contributed by atoms with E-state index in [1.165, 1.54) is 0 Å². The van der Waals surface area contributed by atoms with Crippen LogP contribution in [0.2, 0.25) is 0 Å². The van der Waals surface area contributed by atoms with Gasteiger partial charge < -0.3 is 5.11 Å². The molecule has 0 aromatic carbocycles. The number of hydrogen-bond donors (Lipinski definition) is 1. The highest BCUT2D eigenvalue weighted by molar-refractivity contribution is 5.83. The van der Waals surface area contributed by atoms with Gasteiger partial charge in [-0.2, -0.15) is 0 Å². The Morgan fingerprint density at radius 1 is 1.70 bits per heavy atom. The third-order valence-electron chi connectivity index (χ3n) is 2.31. The minimum atomic E-state index is 0.183. The zero-order valence-corrected chi connectivity index (χ0v) is 6.34. The molecule has 0 spiro atoms. The van der Waals surface area contributed by atoms with Gasteiger partial charge in [-0.25, -0.2) is 0 Å². The molecule has 2 atom stereocenters. The minimum absolute atomic E-state index is 0.183. The van der Waals surface area contributed by atoms with E-state index in [0.717, 1.165) is 12.8 Å². The zero-order chi connectivity index (χ0) is 7.56. The second-order valence-corrected chi connectivity index (χ2v) is 3.06. The van der Waals surface area contributed by atoms with E-state index in [9.17, 15) is 4.79 Å². The van der Waals surface area contributed by atoms with Crippen molar-refractivity contribution < 1.29 is 9.90 Å². The van der Waals surface area contributed by atoms with Crippen molar-refractivity contribution in [1.82, 2.24) is 0 Å². The number of Topliss-reactive ketones (excluding diaryl/α,β-unsaturated/α-hetero) is 1. The lowest BCUT2D eigenvalue weighted by atomic mass is 10.0. The number of carbonyl (C=O) groups excluding carboxylic acids is 1. The molecule has 2 unspecified atom stereocenters. The van der Waals surface area contributed by atoms with Crippen molar-refractivity contribution in [1.29, 1.82) is 0 Å². The van der Waals surface area contributed by atoms with E-state index in [0.29, 0.717) is 12.2 Å². The summed E-state index contributed by atoms with van der Waals surface area (Å²) in [5, 5.41) is 8.74. The van der Waals surface area contributed by atoms with Crippen LogP contribution in [0.5, 0.6) is 0 Å². The summed E-state index contributed by atoms with van der Waals surface area (Å²) in [6.07, 6.45) is 2.45. The van der Waals surface area contributed by atoms with Crippen LogP contribution in [0.15, 0.2) is 0 Å². The van der Waals surface area contributed by atoms with Crippen LogP contribution in [0.25, 0.3) is 0 Å². The molecule has 10 heavy (non-hydrogen) atoms. The molecule has 0 aromatic heterocycles. The van der Waals surface area contributed by atoms with Crippen molar-refractivity contribution in [2.45, 2.75) is 26.2 Å². The molecule has 1 rings (SSSR count). The van der Waals surface area contributed by atoms with Crippen molar-refractivity contribution in [2.24, 2.45) is 11.8 Å². The van der Waals surface area contributed by atoms with Gasteiger partial charge in [0.15, 0.2) is 0 Å². The fourth-order valence-electron chi connectivity index (χ4n) is 1.60. The Hall–Kier alpha value is -0.370. The number of rotatable bonds is 2. The molecule has 0 bridgehead atoms. The molecule has 0 amide bonds. The maximum atomic E-state index is 11.1. The van der Waals surface area contributed by atoms with Crippen molar-refractivity contribution in [3.63, 3.8) is 0 Å². The summed E-state index contributed by atoms with van der Waals surface area (Å²) >= 11 is 0. The molecule has 0 heterocycles. The molecule has 0 saturated heterocycles. The normalized spacial score (nSPS) is 33.2. The monoisotopic (exact) mass is 142 g/mol. The largest absolute Gasteiger partial charge is 0.396 e. The van der Waals surface area contributed by atoms with Crippen LogP contribution >= 0.6 is 0 Å². The Balaban J connectivity index is 2.44. The minimum Gasteiger partial charge on any atom is -0.396 e. The molecule has 2 nitrogen and oxygen atoms in total. The summed E-state index contributed by atoms with van der Waals surface area (Å²) in [7, 11) is 0. The summed E-state index contributed by atoms with van der Waals surface area (Å²) in [6, 6.07) is 0. The summed E-state index contributed by atoms with van der Waals surface area (Å²) in [6.45, 7) is 2.21. The van der Waals surface area contributed by atoms with Crippen molar-refractivity contribution >= 4 is 5.78 Å². The van der Waals surface area contributed by atoms with Crippen LogP contribution in [-0.4, -0.2) is 17.5 Å². The van der Waals surface area contributed by atoms with Crippen molar-refractivity contribution in [3.8, 4) is 0 Å². The number of carbonyl (C=O) groups is 1. The van der Waals surface area contributed by atoms with Crippen LogP contribution in [-0.2, 0) is 4.79 Å². The molecule has 58 valence electrons. The van der Waals surface area contributed by atoms with Gasteiger partial charge in [0.05, 0.1) is 0 Å². The summed E-state index contributed by atoms with van der Waals surface area (Å²) in [4.78, 5) is 11.1. The smallest absolute Gasteiger partial charge is 0.136 e. The zero-order valence-electron chi connectivity index (χ0n) is 6.34. The van der Waals surface area contributed by atoms with Gasteiger partial charge in [-0.1, -0.05) is 6.92 Å². The SMILES string of the molecule is CCC1CC(CO)CC1=O. The van der Waals surface area contributed by atoms with Gasteiger partial charge in [0.1, 0.15) is 5.78 Å². The average molecular weight is 142 g/mol. The fraction of sp³-hybridized carbons (Fsp3) is 0.875. The van der Waals surface area contributed by atoms with E-state index >= 15 is 0 Å². The highest BCUT2D eigenvalue weighted by Gasteiger charge is 2.30. The molecule has 0 aromatic rings. The predicted octanol–water partition coefficient (Wildman–Crippen LogP) is 0.984. The standard InChI is InChI=1S/C8H14O2/c1-2-7-3-6(5-9)4-8(7)10/h6-7,9H,2-5H2,1H3. The van der Waals surface area contributed by atoms with Gasteiger partial charge in [-0.3, -0.25) is 4.79 Å². The van der Waals surface area contributed by atoms with Gasteiger partial charge in [-0.15, -0.1) is 0 Å². The van der Waals surface area contributed by atoms with Crippen LogP contribution in [0, 0.1) is 11.8 Å². The van der Waals surface area contributed by atoms with E-state index in [4.69, 9.17) is 5.11 Å². The van der Waals surface area contributed by atoms with Gasteiger partial charge in [0.2, 0.25) is 0 Å². The number of aliphatic hydroxyl groups is 1. The molecule has 2 heteroatoms. The summed E-state index contributed by atoms with van der Waals surface area (Å²) in [5.74, 6) is 0.858. The number of ketones is 1. The Kier molecular flexibility index (Phi) is 2.44. The quantitative estimate of drug-likeness (QED) is 0.624. The Bertz CT molecular complexity index is 131. The highest BCUT2D eigenvalue weighted by atomic mass is 16.3. The second kappa shape index (κ2) is 3.15. The lowest BCUT2D eigenvalue weighted by Gasteiger charge is -2.02. The average Bonchev–Trinajstić information content (AvgIpc) is 2.30.